The van der Waals surface area contributed by atoms with Crippen LogP contribution in [0.5, 0.6) is 11.8 Å². The first kappa shape index (κ1) is 32.0. The summed E-state index contributed by atoms with van der Waals surface area (Å²) in [5.41, 5.74) is 3.26. The quantitative estimate of drug-likeness (QED) is 0.229. The third-order valence-corrected chi connectivity index (χ3v) is 9.45. The third-order valence-electron chi connectivity index (χ3n) is 9.45. The van der Waals surface area contributed by atoms with Gasteiger partial charge in [-0.3, -0.25) is 19.6 Å². The van der Waals surface area contributed by atoms with E-state index in [-0.39, 0.29) is 35.7 Å². The Balaban J connectivity index is 1.25. The number of fused-ring (bicyclic) bond motifs is 1. The number of hydrogen-bond donors (Lipinski definition) is 0. The Morgan fingerprint density at radius 2 is 1.62 bits per heavy atom. The van der Waals surface area contributed by atoms with E-state index in [1.165, 1.54) is 30.6 Å². The molecule has 4 heterocycles. The number of carbonyl (C=O) groups is 1. The number of carbonyl (C=O) groups excluding carboxylic acids is 1. The Bertz CT molecular complexity index is 1640. The molecular formula is C36H39F2N7O3. The molecule has 2 atom stereocenters. The van der Waals surface area contributed by atoms with E-state index < -0.39 is 13.0 Å². The van der Waals surface area contributed by atoms with Gasteiger partial charge in [-0.1, -0.05) is 60.7 Å². The average molecular weight is 656 g/mol. The van der Waals surface area contributed by atoms with Crippen molar-refractivity contribution in [3.05, 3.63) is 107 Å². The van der Waals surface area contributed by atoms with E-state index in [4.69, 9.17) is 14.5 Å². The predicted octanol–water partition coefficient (Wildman–Crippen LogP) is 4.64. The Kier molecular flexibility index (Phi) is 9.53. The van der Waals surface area contributed by atoms with Gasteiger partial charge in [0, 0.05) is 75.6 Å². The maximum atomic E-state index is 13.5. The fourth-order valence-electron chi connectivity index (χ4n) is 7.12. The van der Waals surface area contributed by atoms with Gasteiger partial charge >= 0.3 is 0 Å². The lowest BCUT2D eigenvalue weighted by Crippen LogP contribution is -2.67. The number of nitrogens with zero attached hydrogens (tertiary/aromatic N) is 7. The normalized spacial score (nSPS) is 20.1. The van der Waals surface area contributed by atoms with Crippen molar-refractivity contribution in [3.8, 4) is 11.8 Å². The van der Waals surface area contributed by atoms with E-state index in [1.54, 1.807) is 6.20 Å². The monoisotopic (exact) mass is 655 g/mol. The first-order chi connectivity index (χ1) is 23.5. The Hall–Kier alpha value is -4.55. The zero-order chi connectivity index (χ0) is 33.0. The molecule has 4 aromatic rings. The zero-order valence-electron chi connectivity index (χ0n) is 26.9. The molecule has 1 aliphatic carbocycles. The summed E-state index contributed by atoms with van der Waals surface area (Å²) in [6.07, 6.45) is 3.85. The van der Waals surface area contributed by atoms with Crippen LogP contribution in [0.3, 0.4) is 0 Å². The minimum atomic E-state index is -2.64. The number of piperazine rings is 2. The minimum absolute atomic E-state index is 0.0175. The number of benzene rings is 2. The Morgan fingerprint density at radius 1 is 0.917 bits per heavy atom. The molecule has 1 saturated carbocycles. The second kappa shape index (κ2) is 14.3. The number of halogens is 2. The summed E-state index contributed by atoms with van der Waals surface area (Å²) >= 11 is 0. The van der Waals surface area contributed by atoms with Crippen LogP contribution in [-0.4, -0.2) is 105 Å². The highest BCUT2D eigenvalue weighted by Crippen LogP contribution is 2.42. The Labute approximate surface area is 278 Å². The molecule has 10 nitrogen and oxygen atoms in total. The van der Waals surface area contributed by atoms with Crippen molar-refractivity contribution in [1.82, 2.24) is 34.6 Å². The van der Waals surface area contributed by atoms with Crippen molar-refractivity contribution in [2.45, 2.75) is 49.7 Å². The first-order valence-electron chi connectivity index (χ1n) is 16.5. The summed E-state index contributed by atoms with van der Waals surface area (Å²) in [5, 5.41) is 0. The summed E-state index contributed by atoms with van der Waals surface area (Å²) in [6.45, 7) is 2.62. The lowest BCUT2D eigenvalue weighted by molar-refractivity contribution is -0.0294. The van der Waals surface area contributed by atoms with E-state index in [1.807, 2.05) is 17.0 Å². The van der Waals surface area contributed by atoms with Crippen LogP contribution in [-0.2, 0) is 6.54 Å². The molecular weight excluding hydrogens is 616 g/mol. The number of aromatic nitrogens is 4. The number of alkyl halides is 2. The number of methoxy groups -OCH3 is 1. The van der Waals surface area contributed by atoms with Crippen LogP contribution in [0.15, 0.2) is 79.3 Å². The second-order valence-electron chi connectivity index (χ2n) is 12.6. The van der Waals surface area contributed by atoms with Gasteiger partial charge in [0.25, 0.3) is 12.3 Å². The van der Waals surface area contributed by atoms with Crippen LogP contribution in [0, 0.1) is 0 Å². The number of ether oxygens (including phenoxy) is 2. The van der Waals surface area contributed by atoms with E-state index >= 15 is 0 Å². The van der Waals surface area contributed by atoms with Gasteiger partial charge in [0.2, 0.25) is 11.8 Å². The summed E-state index contributed by atoms with van der Waals surface area (Å²) in [5.74, 6) is 1.14. The molecule has 0 spiro atoms. The van der Waals surface area contributed by atoms with Crippen molar-refractivity contribution in [1.29, 1.82) is 0 Å². The van der Waals surface area contributed by atoms with Gasteiger partial charge < -0.3 is 14.4 Å². The van der Waals surface area contributed by atoms with Crippen LogP contribution in [0.2, 0.25) is 0 Å². The van der Waals surface area contributed by atoms with Crippen LogP contribution in [0.25, 0.3) is 0 Å². The molecule has 3 fully saturated rings. The number of amides is 1. The lowest BCUT2D eigenvalue weighted by Gasteiger charge is -2.53. The predicted molar refractivity (Wildman–Crippen MR) is 174 cm³/mol. The molecule has 7 rings (SSSR count). The topological polar surface area (TPSA) is 96.8 Å². The standard InChI is InChI=1S/C36H39F2N7O3/c1-47-34-28(35(48-23-31(37)38)42-33(41-34)26-12-13-26)21-43-19-27-20-44(36(46)29-18-39-14-15-40-29)16-17-45(27)30(22-43)32(24-8-4-2-5-9-24)25-10-6-3-7-11-25/h2-11,14-15,18,26-27,30-32H,12-13,16-17,19-23H2,1H3/t27-,30?/m1/s1. The molecule has 2 aromatic heterocycles. The van der Waals surface area contributed by atoms with Gasteiger partial charge in [-0.25, -0.2) is 13.8 Å². The molecule has 0 radical (unpaired) electrons. The molecule has 0 bridgehead atoms. The SMILES string of the molecule is COc1nc(C2CC2)nc(OCC(F)F)c1CN1CC(C(c2ccccc2)c2ccccc2)N2CCN(C(=O)c3cnccn3)C[C@H]2C1. The summed E-state index contributed by atoms with van der Waals surface area (Å²) < 4.78 is 38.1. The van der Waals surface area contributed by atoms with Crippen molar-refractivity contribution in [2.24, 2.45) is 0 Å². The highest BCUT2D eigenvalue weighted by molar-refractivity contribution is 5.92. The van der Waals surface area contributed by atoms with Crippen LogP contribution in [0.4, 0.5) is 8.78 Å². The highest BCUT2D eigenvalue weighted by atomic mass is 19.3. The number of hydrogen-bond acceptors (Lipinski definition) is 9. The van der Waals surface area contributed by atoms with Gasteiger partial charge in [-0.15, -0.1) is 0 Å². The molecule has 2 aromatic carbocycles. The van der Waals surface area contributed by atoms with E-state index in [0.29, 0.717) is 62.2 Å². The fraction of sp³-hybridized carbons (Fsp3) is 0.417. The largest absolute Gasteiger partial charge is 0.481 e. The summed E-state index contributed by atoms with van der Waals surface area (Å²) in [6, 6.07) is 21.0. The maximum Gasteiger partial charge on any atom is 0.274 e. The average Bonchev–Trinajstić information content (AvgIpc) is 3.98. The molecule has 3 aliphatic rings. The minimum Gasteiger partial charge on any atom is -0.481 e. The Morgan fingerprint density at radius 3 is 2.25 bits per heavy atom. The first-order valence-corrected chi connectivity index (χ1v) is 16.5. The summed E-state index contributed by atoms with van der Waals surface area (Å²) in [7, 11) is 1.54. The molecule has 1 unspecified atom stereocenters. The van der Waals surface area contributed by atoms with Gasteiger partial charge in [-0.05, 0) is 24.0 Å². The molecule has 48 heavy (non-hydrogen) atoms. The highest BCUT2D eigenvalue weighted by Gasteiger charge is 2.44. The molecule has 2 saturated heterocycles. The lowest BCUT2D eigenvalue weighted by atomic mass is 9.81. The molecule has 12 heteroatoms. The van der Waals surface area contributed by atoms with E-state index in [9.17, 15) is 13.6 Å². The van der Waals surface area contributed by atoms with Gasteiger partial charge in [0.15, 0.2) is 6.61 Å². The van der Waals surface area contributed by atoms with Gasteiger partial charge in [0.1, 0.15) is 11.5 Å². The molecule has 0 N–H and O–H groups in total. The van der Waals surface area contributed by atoms with E-state index in [0.717, 1.165) is 12.8 Å². The third kappa shape index (κ3) is 7.00. The van der Waals surface area contributed by atoms with Crippen molar-refractivity contribution in [3.63, 3.8) is 0 Å². The van der Waals surface area contributed by atoms with Crippen LogP contribution in [0.1, 0.15) is 57.7 Å². The molecule has 1 amide bonds. The van der Waals surface area contributed by atoms with Crippen LogP contribution < -0.4 is 9.47 Å². The molecule has 2 aliphatic heterocycles. The van der Waals surface area contributed by atoms with E-state index in [2.05, 4.69) is 73.3 Å². The van der Waals surface area contributed by atoms with Gasteiger partial charge in [0.05, 0.1) is 18.9 Å². The van der Waals surface area contributed by atoms with Crippen molar-refractivity contribution in [2.75, 3.05) is 46.4 Å². The maximum absolute atomic E-state index is 13.5. The van der Waals surface area contributed by atoms with Gasteiger partial charge in [-0.2, -0.15) is 9.97 Å². The van der Waals surface area contributed by atoms with Crippen LogP contribution >= 0.6 is 0 Å². The smallest absolute Gasteiger partial charge is 0.274 e. The number of rotatable bonds is 11. The molecule has 250 valence electrons. The fourth-order valence-corrected chi connectivity index (χ4v) is 7.12. The zero-order valence-corrected chi connectivity index (χ0v) is 26.9. The second-order valence-corrected chi connectivity index (χ2v) is 12.6. The summed E-state index contributed by atoms with van der Waals surface area (Å²) in [4.78, 5) is 37.9. The van der Waals surface area contributed by atoms with Crippen molar-refractivity contribution >= 4 is 5.91 Å². The van der Waals surface area contributed by atoms with Crippen molar-refractivity contribution < 1.29 is 23.0 Å².